The molecule has 0 saturated carbocycles. The Morgan fingerprint density at radius 1 is 1.35 bits per heavy atom. The first kappa shape index (κ1) is 18.7. The summed E-state index contributed by atoms with van der Waals surface area (Å²) in [6.07, 6.45) is 3.30. The van der Waals surface area contributed by atoms with E-state index in [1.165, 1.54) is 0 Å². The third-order valence-electron chi connectivity index (χ3n) is 5.54. The molecular weight excluding hydrogens is 330 g/mol. The summed E-state index contributed by atoms with van der Waals surface area (Å²) in [6.45, 7) is 5.08. The van der Waals surface area contributed by atoms with E-state index < -0.39 is 0 Å². The number of amides is 2. The number of nitrogens with two attached hydrogens (primary N) is 1. The molecule has 1 aromatic rings. The molecule has 3 unspecified atom stereocenters. The van der Waals surface area contributed by atoms with Gasteiger partial charge < -0.3 is 20.3 Å². The second-order valence-corrected chi connectivity index (χ2v) is 7.53. The fraction of sp³-hybridized carbons (Fsp3) is 0.600. The minimum atomic E-state index is -0.313. The molecule has 0 radical (unpaired) electrons. The first-order valence-electron chi connectivity index (χ1n) is 9.43. The number of carbonyl (C=O) groups is 2. The van der Waals surface area contributed by atoms with Crippen LogP contribution < -0.4 is 15.4 Å². The molecule has 3 atom stereocenters. The van der Waals surface area contributed by atoms with Gasteiger partial charge in [-0.25, -0.2) is 0 Å². The second-order valence-electron chi connectivity index (χ2n) is 7.53. The summed E-state index contributed by atoms with van der Waals surface area (Å²) in [7, 11) is 1.60. The summed E-state index contributed by atoms with van der Waals surface area (Å²) in [4.78, 5) is 29.4. The maximum atomic E-state index is 13.1. The van der Waals surface area contributed by atoms with Gasteiger partial charge in [0.15, 0.2) is 0 Å². The van der Waals surface area contributed by atoms with Crippen LogP contribution in [0.15, 0.2) is 18.2 Å². The van der Waals surface area contributed by atoms with E-state index >= 15 is 0 Å². The normalized spacial score (nSPS) is 24.7. The fourth-order valence-electron chi connectivity index (χ4n) is 4.13. The summed E-state index contributed by atoms with van der Waals surface area (Å²) in [5, 5.41) is 0. The summed E-state index contributed by atoms with van der Waals surface area (Å²) < 4.78 is 5.42. The Kier molecular flexibility index (Phi) is 5.51. The van der Waals surface area contributed by atoms with Crippen LogP contribution in [0.5, 0.6) is 5.75 Å². The molecule has 2 heterocycles. The van der Waals surface area contributed by atoms with Gasteiger partial charge in [0.2, 0.25) is 11.8 Å². The Balaban J connectivity index is 1.79. The van der Waals surface area contributed by atoms with E-state index in [0.717, 1.165) is 37.1 Å². The minimum absolute atomic E-state index is 0.0263. The number of rotatable bonds is 4. The third kappa shape index (κ3) is 3.56. The quantitative estimate of drug-likeness (QED) is 0.893. The van der Waals surface area contributed by atoms with Crippen molar-refractivity contribution in [3.8, 4) is 5.75 Å². The number of benzene rings is 1. The third-order valence-corrected chi connectivity index (χ3v) is 5.54. The largest absolute Gasteiger partial charge is 0.495 e. The Morgan fingerprint density at radius 2 is 2.12 bits per heavy atom. The highest BCUT2D eigenvalue weighted by atomic mass is 16.5. The average Bonchev–Trinajstić information content (AvgIpc) is 3.02. The standard InChI is InChI=1S/C20H29N3O3/c1-13-7-8-18(26-3)17(10-13)23-12-15(11-19(23)24)20(25)22-9-5-4-6-16(22)14(2)21/h7-8,10,14-16H,4-6,9,11-12,21H2,1-3H3. The summed E-state index contributed by atoms with van der Waals surface area (Å²) in [6, 6.07) is 5.78. The summed E-state index contributed by atoms with van der Waals surface area (Å²) >= 11 is 0. The van der Waals surface area contributed by atoms with Crippen molar-refractivity contribution >= 4 is 17.5 Å². The summed E-state index contributed by atoms with van der Waals surface area (Å²) in [5.74, 6) is 0.381. The molecule has 0 spiro atoms. The zero-order valence-corrected chi connectivity index (χ0v) is 15.9. The fourth-order valence-corrected chi connectivity index (χ4v) is 4.13. The van der Waals surface area contributed by atoms with Gasteiger partial charge in [0.25, 0.3) is 0 Å². The van der Waals surface area contributed by atoms with Gasteiger partial charge in [0, 0.05) is 31.6 Å². The predicted octanol–water partition coefficient (Wildman–Crippen LogP) is 2.08. The van der Waals surface area contributed by atoms with Gasteiger partial charge in [-0.05, 0) is 50.8 Å². The van der Waals surface area contributed by atoms with Crippen LogP contribution >= 0.6 is 0 Å². The Hall–Kier alpha value is -2.08. The minimum Gasteiger partial charge on any atom is -0.495 e. The molecule has 2 saturated heterocycles. The zero-order valence-electron chi connectivity index (χ0n) is 15.9. The zero-order chi connectivity index (χ0) is 18.8. The Bertz CT molecular complexity index is 689. The maximum absolute atomic E-state index is 13.1. The molecular formula is C20H29N3O3. The van der Waals surface area contributed by atoms with Crippen molar-refractivity contribution in [2.75, 3.05) is 25.1 Å². The van der Waals surface area contributed by atoms with E-state index in [9.17, 15) is 9.59 Å². The van der Waals surface area contributed by atoms with Crippen molar-refractivity contribution in [3.63, 3.8) is 0 Å². The SMILES string of the molecule is COc1ccc(C)cc1N1CC(C(=O)N2CCCCC2C(C)N)CC1=O. The van der Waals surface area contributed by atoms with Crippen molar-refractivity contribution < 1.29 is 14.3 Å². The molecule has 6 nitrogen and oxygen atoms in total. The first-order valence-corrected chi connectivity index (χ1v) is 9.43. The lowest BCUT2D eigenvalue weighted by Gasteiger charge is -2.39. The lowest BCUT2D eigenvalue weighted by Crippen LogP contribution is -2.53. The number of aryl methyl sites for hydroxylation is 1. The number of hydrogen-bond acceptors (Lipinski definition) is 4. The van der Waals surface area contributed by atoms with Gasteiger partial charge in [-0.1, -0.05) is 6.07 Å². The monoisotopic (exact) mass is 359 g/mol. The number of methoxy groups -OCH3 is 1. The van der Waals surface area contributed by atoms with Gasteiger partial charge in [-0.3, -0.25) is 9.59 Å². The van der Waals surface area contributed by atoms with Gasteiger partial charge in [-0.15, -0.1) is 0 Å². The molecule has 0 aliphatic carbocycles. The van der Waals surface area contributed by atoms with Crippen molar-refractivity contribution in [1.82, 2.24) is 4.90 Å². The molecule has 2 aliphatic rings. The van der Waals surface area contributed by atoms with Crippen LogP contribution in [0.2, 0.25) is 0 Å². The van der Waals surface area contributed by atoms with E-state index in [1.807, 2.05) is 36.9 Å². The molecule has 6 heteroatoms. The highest BCUT2D eigenvalue weighted by molar-refractivity contribution is 6.01. The number of ether oxygens (including phenoxy) is 1. The molecule has 2 fully saturated rings. The van der Waals surface area contributed by atoms with Crippen molar-refractivity contribution in [2.45, 2.75) is 51.6 Å². The number of likely N-dealkylation sites (tertiary alicyclic amines) is 1. The summed E-state index contributed by atoms with van der Waals surface area (Å²) in [5.41, 5.74) is 7.90. The van der Waals surface area contributed by atoms with Gasteiger partial charge >= 0.3 is 0 Å². The van der Waals surface area contributed by atoms with Crippen LogP contribution in [0, 0.1) is 12.8 Å². The maximum Gasteiger partial charge on any atom is 0.228 e. The van der Waals surface area contributed by atoms with Crippen LogP contribution in [-0.4, -0.2) is 49.0 Å². The highest BCUT2D eigenvalue weighted by Crippen LogP contribution is 2.35. The van der Waals surface area contributed by atoms with Crippen LogP contribution in [-0.2, 0) is 9.59 Å². The molecule has 2 amide bonds. The second kappa shape index (κ2) is 7.66. The van der Waals surface area contributed by atoms with E-state index in [2.05, 4.69) is 0 Å². The van der Waals surface area contributed by atoms with Crippen molar-refractivity contribution in [3.05, 3.63) is 23.8 Å². The molecule has 0 aromatic heterocycles. The molecule has 26 heavy (non-hydrogen) atoms. The number of hydrogen-bond donors (Lipinski definition) is 1. The van der Waals surface area contributed by atoms with E-state index in [1.54, 1.807) is 12.0 Å². The number of anilines is 1. The number of nitrogens with zero attached hydrogens (tertiary/aromatic N) is 2. The van der Waals surface area contributed by atoms with Crippen molar-refractivity contribution in [2.24, 2.45) is 11.7 Å². The van der Waals surface area contributed by atoms with E-state index in [0.29, 0.717) is 12.3 Å². The van der Waals surface area contributed by atoms with Crippen LogP contribution in [0.3, 0.4) is 0 Å². The average molecular weight is 359 g/mol. The van der Waals surface area contributed by atoms with E-state index in [-0.39, 0.29) is 36.2 Å². The molecule has 0 bridgehead atoms. The lowest BCUT2D eigenvalue weighted by molar-refractivity contribution is -0.139. The Morgan fingerprint density at radius 3 is 2.81 bits per heavy atom. The predicted molar refractivity (Wildman–Crippen MR) is 101 cm³/mol. The van der Waals surface area contributed by atoms with Gasteiger partial charge in [0.05, 0.1) is 18.7 Å². The van der Waals surface area contributed by atoms with Crippen LogP contribution in [0.4, 0.5) is 5.69 Å². The topological polar surface area (TPSA) is 75.9 Å². The molecule has 142 valence electrons. The molecule has 2 N–H and O–H groups in total. The number of piperidine rings is 1. The first-order chi connectivity index (χ1) is 12.4. The van der Waals surface area contributed by atoms with E-state index in [4.69, 9.17) is 10.5 Å². The van der Waals surface area contributed by atoms with Gasteiger partial charge in [0.1, 0.15) is 5.75 Å². The smallest absolute Gasteiger partial charge is 0.228 e. The molecule has 1 aromatic carbocycles. The Labute approximate surface area is 155 Å². The molecule has 2 aliphatic heterocycles. The van der Waals surface area contributed by atoms with Crippen LogP contribution in [0.1, 0.15) is 38.2 Å². The van der Waals surface area contributed by atoms with Crippen molar-refractivity contribution in [1.29, 1.82) is 0 Å². The lowest BCUT2D eigenvalue weighted by atomic mass is 9.94. The van der Waals surface area contributed by atoms with Gasteiger partial charge in [-0.2, -0.15) is 0 Å². The van der Waals surface area contributed by atoms with Crippen LogP contribution in [0.25, 0.3) is 0 Å². The highest BCUT2D eigenvalue weighted by Gasteiger charge is 2.40. The molecule has 3 rings (SSSR count). The number of carbonyl (C=O) groups excluding carboxylic acids is 2.